The van der Waals surface area contributed by atoms with E-state index in [4.69, 9.17) is 5.14 Å². The van der Waals surface area contributed by atoms with E-state index in [1.54, 1.807) is 6.07 Å². The van der Waals surface area contributed by atoms with Crippen molar-refractivity contribution < 1.29 is 13.2 Å². The van der Waals surface area contributed by atoms with Gasteiger partial charge in [0.05, 0.1) is 4.90 Å². The number of carbonyl (C=O) groups excluding carboxylic acids is 1. The summed E-state index contributed by atoms with van der Waals surface area (Å²) >= 11 is 0. The Labute approximate surface area is 142 Å². The SMILES string of the molecule is CC[C@H](Cc1ccccc1)NC(=O)Nc1cccc(S(N)(=O)=O)c1. The number of nitrogens with two attached hydrogens (primary N) is 1. The first-order valence-electron chi connectivity index (χ1n) is 7.63. The van der Waals surface area contributed by atoms with Crippen molar-refractivity contribution in [2.75, 3.05) is 5.32 Å². The molecule has 2 aromatic rings. The fraction of sp³-hybridized carbons (Fsp3) is 0.235. The lowest BCUT2D eigenvalue weighted by molar-refractivity contribution is 0.248. The van der Waals surface area contributed by atoms with Crippen LogP contribution in [0, 0.1) is 0 Å². The van der Waals surface area contributed by atoms with Gasteiger partial charge >= 0.3 is 6.03 Å². The highest BCUT2D eigenvalue weighted by molar-refractivity contribution is 7.89. The number of hydrogen-bond donors (Lipinski definition) is 3. The van der Waals surface area contributed by atoms with Crippen molar-refractivity contribution in [2.45, 2.75) is 30.7 Å². The molecule has 7 heteroatoms. The summed E-state index contributed by atoms with van der Waals surface area (Å²) in [6.45, 7) is 2.00. The van der Waals surface area contributed by atoms with Gasteiger partial charge in [-0.3, -0.25) is 0 Å². The lowest BCUT2D eigenvalue weighted by Crippen LogP contribution is -2.38. The molecule has 0 heterocycles. The molecule has 0 spiro atoms. The maximum Gasteiger partial charge on any atom is 0.319 e. The van der Waals surface area contributed by atoms with Gasteiger partial charge in [0.25, 0.3) is 0 Å². The van der Waals surface area contributed by atoms with Gasteiger partial charge in [0.1, 0.15) is 0 Å². The summed E-state index contributed by atoms with van der Waals surface area (Å²) in [5, 5.41) is 10.6. The minimum absolute atomic E-state index is 0.0196. The Hall–Kier alpha value is -2.38. The molecule has 128 valence electrons. The maximum atomic E-state index is 12.1. The topological polar surface area (TPSA) is 101 Å². The molecule has 0 fully saturated rings. The number of primary sulfonamides is 1. The van der Waals surface area contributed by atoms with E-state index in [0.29, 0.717) is 5.69 Å². The molecule has 0 saturated heterocycles. The number of carbonyl (C=O) groups is 1. The van der Waals surface area contributed by atoms with E-state index in [1.807, 2.05) is 37.3 Å². The number of anilines is 1. The summed E-state index contributed by atoms with van der Waals surface area (Å²) in [5.41, 5.74) is 1.51. The molecule has 2 amide bonds. The molecule has 0 aliphatic heterocycles. The number of benzene rings is 2. The Morgan fingerprint density at radius 3 is 2.46 bits per heavy atom. The van der Waals surface area contributed by atoms with Crippen molar-refractivity contribution in [3.63, 3.8) is 0 Å². The second-order valence-electron chi connectivity index (χ2n) is 5.47. The van der Waals surface area contributed by atoms with Crippen molar-refractivity contribution in [2.24, 2.45) is 5.14 Å². The van der Waals surface area contributed by atoms with Crippen molar-refractivity contribution in [3.8, 4) is 0 Å². The van der Waals surface area contributed by atoms with Gasteiger partial charge < -0.3 is 10.6 Å². The van der Waals surface area contributed by atoms with Crippen LogP contribution >= 0.6 is 0 Å². The largest absolute Gasteiger partial charge is 0.335 e. The second kappa shape index (κ2) is 7.94. The van der Waals surface area contributed by atoms with E-state index in [0.717, 1.165) is 18.4 Å². The Kier molecular flexibility index (Phi) is 5.94. The summed E-state index contributed by atoms with van der Waals surface area (Å²) in [4.78, 5) is 12.1. The molecule has 24 heavy (non-hydrogen) atoms. The van der Waals surface area contributed by atoms with E-state index in [9.17, 15) is 13.2 Å². The summed E-state index contributed by atoms with van der Waals surface area (Å²) < 4.78 is 22.7. The fourth-order valence-corrected chi connectivity index (χ4v) is 2.86. The van der Waals surface area contributed by atoms with Gasteiger partial charge in [-0.2, -0.15) is 0 Å². The zero-order valence-electron chi connectivity index (χ0n) is 13.4. The molecule has 0 bridgehead atoms. The van der Waals surface area contributed by atoms with Crippen LogP contribution in [-0.2, 0) is 16.4 Å². The molecule has 0 unspecified atom stereocenters. The van der Waals surface area contributed by atoms with Crippen LogP contribution in [0.15, 0.2) is 59.5 Å². The molecule has 0 saturated carbocycles. The summed E-state index contributed by atoms with van der Waals surface area (Å²) in [7, 11) is -3.80. The quantitative estimate of drug-likeness (QED) is 0.748. The molecule has 1 atom stereocenters. The summed E-state index contributed by atoms with van der Waals surface area (Å²) in [6, 6.07) is 15.3. The third-order valence-corrected chi connectivity index (χ3v) is 4.48. The van der Waals surface area contributed by atoms with Gasteiger partial charge in [-0.05, 0) is 36.6 Å². The monoisotopic (exact) mass is 347 g/mol. The molecule has 2 rings (SSSR count). The molecule has 0 aliphatic carbocycles. The van der Waals surface area contributed by atoms with Crippen molar-refractivity contribution in [3.05, 3.63) is 60.2 Å². The van der Waals surface area contributed by atoms with Crippen LogP contribution in [0.3, 0.4) is 0 Å². The first-order chi connectivity index (χ1) is 11.4. The highest BCUT2D eigenvalue weighted by Gasteiger charge is 2.13. The molecule has 0 radical (unpaired) electrons. The van der Waals surface area contributed by atoms with Crippen LogP contribution in [0.4, 0.5) is 10.5 Å². The van der Waals surface area contributed by atoms with Gasteiger partial charge in [0.15, 0.2) is 0 Å². The first kappa shape index (κ1) is 18.0. The van der Waals surface area contributed by atoms with Crippen LogP contribution in [-0.4, -0.2) is 20.5 Å². The van der Waals surface area contributed by atoms with E-state index in [1.165, 1.54) is 18.2 Å². The number of urea groups is 1. The van der Waals surface area contributed by atoms with E-state index < -0.39 is 10.0 Å². The van der Waals surface area contributed by atoms with E-state index in [2.05, 4.69) is 10.6 Å². The number of sulfonamides is 1. The predicted molar refractivity (Wildman–Crippen MR) is 94.2 cm³/mol. The van der Waals surface area contributed by atoms with Crippen molar-refractivity contribution in [1.29, 1.82) is 0 Å². The van der Waals surface area contributed by atoms with Crippen LogP contribution in [0.2, 0.25) is 0 Å². The van der Waals surface area contributed by atoms with Crippen molar-refractivity contribution in [1.82, 2.24) is 5.32 Å². The van der Waals surface area contributed by atoms with Gasteiger partial charge in [0.2, 0.25) is 10.0 Å². The average Bonchev–Trinajstić information content (AvgIpc) is 2.54. The molecule has 6 nitrogen and oxygen atoms in total. The Morgan fingerprint density at radius 2 is 1.83 bits per heavy atom. The van der Waals surface area contributed by atoms with Crippen LogP contribution < -0.4 is 15.8 Å². The Morgan fingerprint density at radius 1 is 1.12 bits per heavy atom. The lowest BCUT2D eigenvalue weighted by Gasteiger charge is -2.17. The van der Waals surface area contributed by atoms with Crippen LogP contribution in [0.5, 0.6) is 0 Å². The number of amides is 2. The van der Waals surface area contributed by atoms with E-state index in [-0.39, 0.29) is 17.0 Å². The minimum atomic E-state index is -3.80. The second-order valence-corrected chi connectivity index (χ2v) is 7.03. The van der Waals surface area contributed by atoms with Gasteiger partial charge in [-0.1, -0.05) is 43.3 Å². The number of rotatable bonds is 6. The predicted octanol–water partition coefficient (Wildman–Crippen LogP) is 2.48. The van der Waals surface area contributed by atoms with Gasteiger partial charge in [0, 0.05) is 11.7 Å². The van der Waals surface area contributed by atoms with Crippen molar-refractivity contribution >= 4 is 21.7 Å². The van der Waals surface area contributed by atoms with E-state index >= 15 is 0 Å². The number of nitrogens with one attached hydrogen (secondary N) is 2. The smallest absolute Gasteiger partial charge is 0.319 e. The molecule has 4 N–H and O–H groups in total. The summed E-state index contributed by atoms with van der Waals surface area (Å²) in [5.74, 6) is 0. The average molecular weight is 347 g/mol. The molecular weight excluding hydrogens is 326 g/mol. The molecular formula is C17H21N3O3S. The molecule has 0 aliphatic rings. The maximum absolute atomic E-state index is 12.1. The minimum Gasteiger partial charge on any atom is -0.335 e. The zero-order valence-corrected chi connectivity index (χ0v) is 14.2. The highest BCUT2D eigenvalue weighted by atomic mass is 32.2. The highest BCUT2D eigenvalue weighted by Crippen LogP contribution is 2.14. The third-order valence-electron chi connectivity index (χ3n) is 3.57. The zero-order chi connectivity index (χ0) is 17.6. The number of hydrogen-bond acceptors (Lipinski definition) is 3. The van der Waals surface area contributed by atoms with Gasteiger partial charge in [-0.25, -0.2) is 18.4 Å². The normalized spacial score (nSPS) is 12.4. The Bertz CT molecular complexity index is 792. The third kappa shape index (κ3) is 5.36. The first-order valence-corrected chi connectivity index (χ1v) is 9.17. The Balaban J connectivity index is 1.99. The summed E-state index contributed by atoms with van der Waals surface area (Å²) in [6.07, 6.45) is 1.50. The van der Waals surface area contributed by atoms with Gasteiger partial charge in [-0.15, -0.1) is 0 Å². The van der Waals surface area contributed by atoms with Crippen LogP contribution in [0.1, 0.15) is 18.9 Å². The molecule has 0 aromatic heterocycles. The lowest BCUT2D eigenvalue weighted by atomic mass is 10.0. The van der Waals surface area contributed by atoms with Crippen LogP contribution in [0.25, 0.3) is 0 Å². The molecule has 2 aromatic carbocycles. The fourth-order valence-electron chi connectivity index (χ4n) is 2.30. The standard InChI is InChI=1S/C17H21N3O3S/c1-2-14(11-13-7-4-3-5-8-13)19-17(21)20-15-9-6-10-16(12-15)24(18,22)23/h3-10,12,14H,2,11H2,1H3,(H2,18,22,23)(H2,19,20,21)/t14-/m1/s1.